The van der Waals surface area contributed by atoms with Crippen LogP contribution in [0.3, 0.4) is 0 Å². The number of carbonyl (C=O) groups is 1. The van der Waals surface area contributed by atoms with Gasteiger partial charge in [-0.1, -0.05) is 49.3 Å². The topological polar surface area (TPSA) is 46.5 Å². The maximum atomic E-state index is 13.7. The highest BCUT2D eigenvalue weighted by Crippen LogP contribution is 2.55. The minimum absolute atomic E-state index is 0.0293. The quantitative estimate of drug-likeness (QED) is 0.536. The van der Waals surface area contributed by atoms with Crippen LogP contribution in [0.2, 0.25) is 0 Å². The molecular weight excluding hydrogens is 434 g/mol. The van der Waals surface area contributed by atoms with Crippen LogP contribution in [-0.4, -0.2) is 23.3 Å². The van der Waals surface area contributed by atoms with Crippen molar-refractivity contribution in [3.8, 4) is 0 Å². The molecule has 1 N–H and O–H groups in total. The van der Waals surface area contributed by atoms with Gasteiger partial charge in [-0.3, -0.25) is 4.79 Å². The summed E-state index contributed by atoms with van der Waals surface area (Å²) in [6.07, 6.45) is 10.4. The molecule has 2 aliphatic carbocycles. The largest absolute Gasteiger partial charge is 0.458 e. The fourth-order valence-electron chi connectivity index (χ4n) is 5.66. The first-order valence-electron chi connectivity index (χ1n) is 11.9. The second-order valence-corrected chi connectivity index (χ2v) is 9.66. The standard InChI is InChI=1S/C29H28F2O3/c30-22-7-3-19(4-8-22)21-15-26(20-5-9-23(31)10-6-20)27(29(18-21)13-1-2-14-29)12-11-25-16-24(32)17-28(33)34-25/h3-12,15,24-25,32H,1-2,13-14,16-18H2/b12-11+/t24-,25-/m1/s1. The van der Waals surface area contributed by atoms with E-state index >= 15 is 0 Å². The van der Waals surface area contributed by atoms with Crippen LogP contribution in [0.15, 0.2) is 72.3 Å². The Kier molecular flexibility index (Phi) is 6.22. The van der Waals surface area contributed by atoms with E-state index in [2.05, 4.69) is 12.2 Å². The summed E-state index contributed by atoms with van der Waals surface area (Å²) in [7, 11) is 0. The van der Waals surface area contributed by atoms with Crippen LogP contribution >= 0.6 is 0 Å². The van der Waals surface area contributed by atoms with Gasteiger partial charge in [0, 0.05) is 6.42 Å². The van der Waals surface area contributed by atoms with Crippen molar-refractivity contribution in [1.82, 2.24) is 0 Å². The average molecular weight is 463 g/mol. The summed E-state index contributed by atoms with van der Waals surface area (Å²) < 4.78 is 32.8. The fourth-order valence-corrected chi connectivity index (χ4v) is 5.66. The molecule has 2 aromatic rings. The number of aliphatic hydroxyl groups is 1. The van der Waals surface area contributed by atoms with Crippen molar-refractivity contribution in [1.29, 1.82) is 0 Å². The number of hydrogen-bond donors (Lipinski definition) is 1. The lowest BCUT2D eigenvalue weighted by atomic mass is 9.66. The third-order valence-corrected chi connectivity index (χ3v) is 7.31. The number of cyclic esters (lactones) is 1. The number of ether oxygens (including phenoxy) is 1. The molecule has 3 aliphatic rings. The number of hydrogen-bond acceptors (Lipinski definition) is 3. The molecule has 0 unspecified atom stereocenters. The number of halogens is 2. The molecule has 2 fully saturated rings. The lowest BCUT2D eigenvalue weighted by molar-refractivity contribution is -0.156. The Morgan fingerprint density at radius 3 is 2.18 bits per heavy atom. The smallest absolute Gasteiger partial charge is 0.309 e. The Morgan fingerprint density at radius 2 is 1.56 bits per heavy atom. The number of carbonyl (C=O) groups excluding carboxylic acids is 1. The van der Waals surface area contributed by atoms with Gasteiger partial charge in [0.15, 0.2) is 0 Å². The molecule has 5 rings (SSSR count). The molecule has 1 aliphatic heterocycles. The third kappa shape index (κ3) is 4.62. The minimum atomic E-state index is -0.696. The summed E-state index contributed by atoms with van der Waals surface area (Å²) in [6.45, 7) is 0. The first-order valence-corrected chi connectivity index (χ1v) is 11.9. The van der Waals surface area contributed by atoms with E-state index in [1.807, 2.05) is 18.2 Å². The van der Waals surface area contributed by atoms with E-state index in [-0.39, 0.29) is 29.4 Å². The second kappa shape index (κ2) is 9.30. The molecular formula is C29H28F2O3. The summed E-state index contributed by atoms with van der Waals surface area (Å²) in [4.78, 5) is 11.8. The van der Waals surface area contributed by atoms with Crippen LogP contribution in [0.5, 0.6) is 0 Å². The van der Waals surface area contributed by atoms with Gasteiger partial charge in [0.05, 0.1) is 12.5 Å². The molecule has 2 atom stereocenters. The van der Waals surface area contributed by atoms with Gasteiger partial charge in [-0.05, 0) is 82.9 Å². The zero-order valence-corrected chi connectivity index (χ0v) is 19.0. The van der Waals surface area contributed by atoms with Gasteiger partial charge < -0.3 is 9.84 Å². The van der Waals surface area contributed by atoms with E-state index < -0.39 is 12.2 Å². The van der Waals surface area contributed by atoms with Crippen LogP contribution in [0.25, 0.3) is 11.1 Å². The van der Waals surface area contributed by atoms with Crippen LogP contribution in [0.1, 0.15) is 56.1 Å². The molecule has 176 valence electrons. The molecule has 0 aromatic heterocycles. The molecule has 0 amide bonds. The van der Waals surface area contributed by atoms with Crippen LogP contribution in [-0.2, 0) is 9.53 Å². The normalized spacial score (nSPS) is 24.6. The molecule has 0 bridgehead atoms. The summed E-state index contributed by atoms with van der Waals surface area (Å²) in [6, 6.07) is 13.1. The number of allylic oxidation sites excluding steroid dienone is 5. The van der Waals surface area contributed by atoms with Gasteiger partial charge in [-0.15, -0.1) is 0 Å². The monoisotopic (exact) mass is 462 g/mol. The van der Waals surface area contributed by atoms with Crippen molar-refractivity contribution in [3.63, 3.8) is 0 Å². The summed E-state index contributed by atoms with van der Waals surface area (Å²) >= 11 is 0. The van der Waals surface area contributed by atoms with Crippen molar-refractivity contribution in [2.45, 2.75) is 57.2 Å². The lowest BCUT2D eigenvalue weighted by Crippen LogP contribution is -2.31. The van der Waals surface area contributed by atoms with Gasteiger partial charge in [0.1, 0.15) is 17.7 Å². The summed E-state index contributed by atoms with van der Waals surface area (Å²) in [5.74, 6) is -0.949. The van der Waals surface area contributed by atoms with Crippen molar-refractivity contribution < 1.29 is 23.4 Å². The number of esters is 1. The number of aliphatic hydroxyl groups excluding tert-OH is 1. The predicted octanol–water partition coefficient (Wildman–Crippen LogP) is 6.39. The van der Waals surface area contributed by atoms with Gasteiger partial charge >= 0.3 is 5.97 Å². The SMILES string of the molecule is O=C1C[C@H](O)C[C@@H](/C=C/C2=C(c3ccc(F)cc3)C=C(c3ccc(F)cc3)CC23CCCC3)O1. The highest BCUT2D eigenvalue weighted by atomic mass is 19.1. The van der Waals surface area contributed by atoms with Gasteiger partial charge in [0.25, 0.3) is 0 Å². The highest BCUT2D eigenvalue weighted by molar-refractivity contribution is 5.90. The van der Waals surface area contributed by atoms with Crippen LogP contribution < -0.4 is 0 Å². The maximum Gasteiger partial charge on any atom is 0.309 e. The second-order valence-electron chi connectivity index (χ2n) is 9.66. The Balaban J connectivity index is 1.63. The van der Waals surface area contributed by atoms with Crippen molar-refractivity contribution in [2.24, 2.45) is 5.41 Å². The molecule has 1 saturated heterocycles. The average Bonchev–Trinajstić information content (AvgIpc) is 3.27. The molecule has 3 nitrogen and oxygen atoms in total. The Hall–Kier alpha value is -3.05. The van der Waals surface area contributed by atoms with Gasteiger partial charge in [0.2, 0.25) is 0 Å². The van der Waals surface area contributed by atoms with Crippen molar-refractivity contribution in [2.75, 3.05) is 0 Å². The third-order valence-electron chi connectivity index (χ3n) is 7.31. The van der Waals surface area contributed by atoms with E-state index in [9.17, 15) is 18.7 Å². The van der Waals surface area contributed by atoms with Gasteiger partial charge in [-0.2, -0.15) is 0 Å². The minimum Gasteiger partial charge on any atom is -0.458 e. The van der Waals surface area contributed by atoms with Gasteiger partial charge in [-0.25, -0.2) is 8.78 Å². The Bertz CT molecular complexity index is 1150. The van der Waals surface area contributed by atoms with Crippen molar-refractivity contribution >= 4 is 17.1 Å². The zero-order valence-electron chi connectivity index (χ0n) is 19.0. The molecule has 1 spiro atoms. The van der Waals surface area contributed by atoms with E-state index in [0.29, 0.717) is 6.42 Å². The number of benzene rings is 2. The van der Waals surface area contributed by atoms with E-state index in [1.54, 1.807) is 12.1 Å². The lowest BCUT2D eigenvalue weighted by Gasteiger charge is -2.38. The summed E-state index contributed by atoms with van der Waals surface area (Å²) in [5, 5.41) is 10.0. The van der Waals surface area contributed by atoms with Crippen molar-refractivity contribution in [3.05, 3.63) is 95.1 Å². The number of rotatable bonds is 4. The molecule has 1 heterocycles. The van der Waals surface area contributed by atoms with Crippen LogP contribution in [0, 0.1) is 17.0 Å². The Morgan fingerprint density at radius 1 is 0.941 bits per heavy atom. The molecule has 2 aromatic carbocycles. The Labute approximate surface area is 198 Å². The molecule has 0 radical (unpaired) electrons. The molecule has 1 saturated carbocycles. The summed E-state index contributed by atoms with van der Waals surface area (Å²) in [5.41, 5.74) is 5.09. The fraction of sp³-hybridized carbons (Fsp3) is 0.345. The first kappa shape index (κ1) is 22.7. The van der Waals surface area contributed by atoms with E-state index in [1.165, 1.54) is 24.3 Å². The van der Waals surface area contributed by atoms with E-state index in [4.69, 9.17) is 4.74 Å². The maximum absolute atomic E-state index is 13.7. The molecule has 34 heavy (non-hydrogen) atoms. The first-order chi connectivity index (χ1) is 16.4. The predicted molar refractivity (Wildman–Crippen MR) is 127 cm³/mol. The van der Waals surface area contributed by atoms with Crippen LogP contribution in [0.4, 0.5) is 8.78 Å². The molecule has 5 heteroatoms. The zero-order chi connectivity index (χ0) is 23.7. The van der Waals surface area contributed by atoms with E-state index in [0.717, 1.165) is 60.0 Å². The highest BCUT2D eigenvalue weighted by Gasteiger charge is 2.41.